The van der Waals surface area contributed by atoms with Crippen LogP contribution in [0, 0.1) is 6.92 Å². The summed E-state index contributed by atoms with van der Waals surface area (Å²) in [5.41, 5.74) is 5.32. The molecule has 2 aromatic heterocycles. The summed E-state index contributed by atoms with van der Waals surface area (Å²) in [4.78, 5) is 16.5. The van der Waals surface area contributed by atoms with Gasteiger partial charge in [-0.25, -0.2) is 4.98 Å². The van der Waals surface area contributed by atoms with E-state index in [0.29, 0.717) is 12.1 Å². The Morgan fingerprint density at radius 1 is 1.11 bits per heavy atom. The number of hydrogen-bond acceptors (Lipinski definition) is 4. The van der Waals surface area contributed by atoms with E-state index in [2.05, 4.69) is 40.6 Å². The molecule has 2 aromatic rings. The first-order valence-corrected chi connectivity index (χ1v) is 10.6. The monoisotopic (exact) mass is 377 g/mol. The fraction of sp³-hybridized carbons (Fsp3) is 0.522. The maximum atomic E-state index is 4.87. The normalized spacial score (nSPS) is 23.4. The van der Waals surface area contributed by atoms with Crippen LogP contribution in [-0.2, 0) is 6.54 Å². The second-order valence-corrected chi connectivity index (χ2v) is 8.08. The van der Waals surface area contributed by atoms with Crippen LogP contribution in [-0.4, -0.2) is 38.2 Å². The molecule has 148 valence electrons. The number of rotatable bonds is 6. The summed E-state index contributed by atoms with van der Waals surface area (Å²) >= 11 is 0. The van der Waals surface area contributed by atoms with Crippen LogP contribution in [0.1, 0.15) is 62.7 Å². The number of piperidine rings is 1. The van der Waals surface area contributed by atoms with E-state index < -0.39 is 0 Å². The van der Waals surface area contributed by atoms with Crippen LogP contribution in [0.3, 0.4) is 0 Å². The van der Waals surface area contributed by atoms with Gasteiger partial charge in [-0.1, -0.05) is 6.07 Å². The van der Waals surface area contributed by atoms with Crippen LogP contribution >= 0.6 is 0 Å². The summed E-state index contributed by atoms with van der Waals surface area (Å²) in [6, 6.07) is 5.01. The van der Waals surface area contributed by atoms with Gasteiger partial charge >= 0.3 is 0 Å². The fourth-order valence-electron chi connectivity index (χ4n) is 4.71. The zero-order chi connectivity index (χ0) is 19.3. The Balaban J connectivity index is 1.60. The standard InChI is InChI=1S/C23H31N5/c1-18-7-4-11-25-22(18)20-9-3-10-21(23-19(2)8-5-12-26-23)28(20)15-6-14-27-16-13-24-17-27/h4,7,11-13,16-17,20-21H,3,5-6,8-10,14-15H2,1-2H3/t20?,21-/m1/s1. The van der Waals surface area contributed by atoms with Crippen molar-refractivity contribution in [1.82, 2.24) is 19.4 Å². The van der Waals surface area contributed by atoms with E-state index in [1.165, 1.54) is 41.8 Å². The lowest BCUT2D eigenvalue weighted by Gasteiger charge is -2.43. The topological polar surface area (TPSA) is 46.3 Å². The van der Waals surface area contributed by atoms with E-state index in [1.54, 1.807) is 0 Å². The number of aromatic nitrogens is 3. The van der Waals surface area contributed by atoms with E-state index >= 15 is 0 Å². The van der Waals surface area contributed by atoms with Gasteiger partial charge in [0.25, 0.3) is 0 Å². The highest BCUT2D eigenvalue weighted by molar-refractivity contribution is 5.62. The first kappa shape index (κ1) is 19.1. The smallest absolute Gasteiger partial charge is 0.0945 e. The molecule has 0 aliphatic carbocycles. The molecule has 2 atom stereocenters. The van der Waals surface area contributed by atoms with Crippen molar-refractivity contribution < 1.29 is 0 Å². The largest absolute Gasteiger partial charge is 0.337 e. The lowest BCUT2D eigenvalue weighted by Crippen LogP contribution is -2.44. The Labute approximate surface area is 168 Å². The number of imidazole rings is 1. The molecule has 0 spiro atoms. The summed E-state index contributed by atoms with van der Waals surface area (Å²) in [6.07, 6.45) is 16.8. The number of allylic oxidation sites excluding steroid dienone is 1. The van der Waals surface area contributed by atoms with Gasteiger partial charge in [0.2, 0.25) is 0 Å². The highest BCUT2D eigenvalue weighted by Gasteiger charge is 2.35. The molecular formula is C23H31N5. The fourth-order valence-corrected chi connectivity index (χ4v) is 4.71. The molecule has 0 bridgehead atoms. The highest BCUT2D eigenvalue weighted by Crippen LogP contribution is 2.39. The van der Waals surface area contributed by atoms with Gasteiger partial charge in [0.05, 0.1) is 29.8 Å². The molecule has 0 amide bonds. The van der Waals surface area contributed by atoms with Crippen LogP contribution in [0.5, 0.6) is 0 Å². The summed E-state index contributed by atoms with van der Waals surface area (Å²) in [6.45, 7) is 6.51. The first-order valence-electron chi connectivity index (χ1n) is 10.6. The molecule has 2 aliphatic heterocycles. The van der Waals surface area contributed by atoms with Crippen LogP contribution < -0.4 is 0 Å². The van der Waals surface area contributed by atoms with Gasteiger partial charge in [0, 0.05) is 37.9 Å². The molecule has 1 saturated heterocycles. The summed E-state index contributed by atoms with van der Waals surface area (Å²) in [7, 11) is 0. The predicted octanol–water partition coefficient (Wildman–Crippen LogP) is 4.71. The number of aliphatic imine (C=N–C) groups is 1. The lowest BCUT2D eigenvalue weighted by atomic mass is 9.88. The van der Waals surface area contributed by atoms with Crippen LogP contribution in [0.2, 0.25) is 0 Å². The number of likely N-dealkylation sites (tertiary alicyclic amines) is 1. The van der Waals surface area contributed by atoms with E-state index in [1.807, 2.05) is 31.0 Å². The zero-order valence-corrected chi connectivity index (χ0v) is 17.1. The van der Waals surface area contributed by atoms with Gasteiger partial charge in [-0.3, -0.25) is 14.9 Å². The molecule has 0 saturated carbocycles. The third-order valence-electron chi connectivity index (χ3n) is 6.14. The minimum absolute atomic E-state index is 0.375. The molecule has 4 heterocycles. The molecule has 1 fully saturated rings. The second kappa shape index (κ2) is 8.82. The molecule has 5 nitrogen and oxygen atoms in total. The van der Waals surface area contributed by atoms with Crippen molar-refractivity contribution in [2.24, 2.45) is 4.99 Å². The molecule has 0 aromatic carbocycles. The van der Waals surface area contributed by atoms with Crippen LogP contribution in [0.25, 0.3) is 0 Å². The minimum Gasteiger partial charge on any atom is -0.337 e. The summed E-state index contributed by atoms with van der Waals surface area (Å²) in [5.74, 6) is 0. The Morgan fingerprint density at radius 2 is 2.00 bits per heavy atom. The number of hydrogen-bond donors (Lipinski definition) is 0. The first-order chi connectivity index (χ1) is 13.7. The van der Waals surface area contributed by atoms with Gasteiger partial charge in [0.1, 0.15) is 0 Å². The van der Waals surface area contributed by atoms with Gasteiger partial charge in [-0.05, 0) is 69.6 Å². The van der Waals surface area contributed by atoms with Crippen molar-refractivity contribution in [3.05, 3.63) is 59.6 Å². The number of aryl methyl sites for hydroxylation is 2. The second-order valence-electron chi connectivity index (χ2n) is 8.08. The maximum Gasteiger partial charge on any atom is 0.0945 e. The Hall–Kier alpha value is -2.27. The Morgan fingerprint density at radius 3 is 2.79 bits per heavy atom. The number of nitrogens with zero attached hydrogens (tertiary/aromatic N) is 5. The van der Waals surface area contributed by atoms with Crippen molar-refractivity contribution >= 4 is 6.21 Å². The summed E-state index contributed by atoms with van der Waals surface area (Å²) < 4.78 is 2.17. The minimum atomic E-state index is 0.375. The molecule has 0 radical (unpaired) electrons. The van der Waals surface area contributed by atoms with E-state index in [-0.39, 0.29) is 0 Å². The van der Waals surface area contributed by atoms with Gasteiger partial charge in [-0.15, -0.1) is 0 Å². The van der Waals surface area contributed by atoms with E-state index in [0.717, 1.165) is 32.4 Å². The van der Waals surface area contributed by atoms with Crippen molar-refractivity contribution in [3.63, 3.8) is 0 Å². The average Bonchev–Trinajstić information content (AvgIpc) is 3.23. The molecule has 5 heteroatoms. The van der Waals surface area contributed by atoms with Crippen molar-refractivity contribution in [2.75, 3.05) is 6.54 Å². The van der Waals surface area contributed by atoms with Crippen LogP contribution in [0.4, 0.5) is 0 Å². The number of pyridine rings is 1. The molecule has 2 aliphatic rings. The van der Waals surface area contributed by atoms with Crippen molar-refractivity contribution in [2.45, 2.75) is 71.0 Å². The molecule has 4 rings (SSSR count). The molecule has 1 unspecified atom stereocenters. The van der Waals surface area contributed by atoms with Gasteiger partial charge < -0.3 is 4.57 Å². The average molecular weight is 378 g/mol. The maximum absolute atomic E-state index is 4.87. The Kier molecular flexibility index (Phi) is 6.01. The van der Waals surface area contributed by atoms with Gasteiger partial charge in [0.15, 0.2) is 0 Å². The zero-order valence-electron chi connectivity index (χ0n) is 17.1. The molecule has 0 N–H and O–H groups in total. The van der Waals surface area contributed by atoms with E-state index in [4.69, 9.17) is 9.98 Å². The van der Waals surface area contributed by atoms with Gasteiger partial charge in [-0.2, -0.15) is 0 Å². The third kappa shape index (κ3) is 4.09. The molecule has 28 heavy (non-hydrogen) atoms. The van der Waals surface area contributed by atoms with E-state index in [9.17, 15) is 0 Å². The SMILES string of the molecule is CC1=C([C@H]2CCCC(c3ncccc3C)N2CCCn2ccnc2)N=CCC1. The van der Waals surface area contributed by atoms with Crippen LogP contribution in [0.15, 0.2) is 53.3 Å². The summed E-state index contributed by atoms with van der Waals surface area (Å²) in [5, 5.41) is 0. The Bertz CT molecular complexity index is 836. The van der Waals surface area contributed by atoms with Crippen molar-refractivity contribution in [3.8, 4) is 0 Å². The predicted molar refractivity (Wildman–Crippen MR) is 113 cm³/mol. The quantitative estimate of drug-likeness (QED) is 0.732. The lowest BCUT2D eigenvalue weighted by molar-refractivity contribution is 0.0943. The third-order valence-corrected chi connectivity index (χ3v) is 6.14. The highest BCUT2D eigenvalue weighted by atomic mass is 15.2. The van der Waals surface area contributed by atoms with Crippen molar-refractivity contribution in [1.29, 1.82) is 0 Å². The molecular weight excluding hydrogens is 346 g/mol.